The molecule has 2 fully saturated rings. The van der Waals surface area contributed by atoms with Crippen LogP contribution in [-0.2, 0) is 0 Å². The van der Waals surface area contributed by atoms with Crippen molar-refractivity contribution in [3.8, 4) is 0 Å². The molecule has 2 rings (SSSR count). The second kappa shape index (κ2) is 7.49. The van der Waals surface area contributed by atoms with Crippen LogP contribution < -0.4 is 5.32 Å². The predicted molar refractivity (Wildman–Crippen MR) is 78.9 cm³/mol. The van der Waals surface area contributed by atoms with Crippen LogP contribution >= 0.6 is 0 Å². The van der Waals surface area contributed by atoms with E-state index in [1.807, 2.05) is 0 Å². The van der Waals surface area contributed by atoms with Crippen molar-refractivity contribution in [2.45, 2.75) is 77.3 Å². The zero-order valence-corrected chi connectivity index (χ0v) is 12.5. The molecule has 0 spiro atoms. The zero-order valence-electron chi connectivity index (χ0n) is 12.5. The summed E-state index contributed by atoms with van der Waals surface area (Å²) in [5, 5.41) is 3.69. The van der Waals surface area contributed by atoms with Crippen molar-refractivity contribution in [2.24, 2.45) is 5.92 Å². The van der Waals surface area contributed by atoms with Crippen LogP contribution in [0, 0.1) is 5.92 Å². The normalized spacial score (nSPS) is 29.3. The molecule has 0 aromatic carbocycles. The molecule has 2 unspecified atom stereocenters. The topological polar surface area (TPSA) is 15.3 Å². The van der Waals surface area contributed by atoms with Gasteiger partial charge < -0.3 is 10.2 Å². The minimum absolute atomic E-state index is 0.781. The number of hydrogen-bond acceptors (Lipinski definition) is 2. The summed E-state index contributed by atoms with van der Waals surface area (Å²) in [5.74, 6) is 1.02. The second-order valence-corrected chi connectivity index (χ2v) is 6.50. The van der Waals surface area contributed by atoms with E-state index in [-0.39, 0.29) is 0 Å². The molecular formula is C16H32N2. The molecule has 2 atom stereocenters. The van der Waals surface area contributed by atoms with Gasteiger partial charge >= 0.3 is 0 Å². The third-order valence-corrected chi connectivity index (χ3v) is 5.01. The number of hydrogen-bond donors (Lipinski definition) is 1. The SMILES string of the molecule is CCCC1CCN(C(C)CC2CCCCN2)CC1. The Hall–Kier alpha value is -0.0800. The third-order valence-electron chi connectivity index (χ3n) is 5.01. The molecule has 0 aliphatic carbocycles. The average molecular weight is 252 g/mol. The van der Waals surface area contributed by atoms with Crippen LogP contribution in [0.1, 0.15) is 65.2 Å². The summed E-state index contributed by atoms with van der Waals surface area (Å²) in [7, 11) is 0. The zero-order chi connectivity index (χ0) is 12.8. The Labute approximate surface area is 114 Å². The number of piperidine rings is 2. The lowest BCUT2D eigenvalue weighted by Gasteiger charge is -2.38. The molecule has 2 saturated heterocycles. The van der Waals surface area contributed by atoms with Gasteiger partial charge in [0.2, 0.25) is 0 Å². The van der Waals surface area contributed by atoms with Crippen molar-refractivity contribution in [3.63, 3.8) is 0 Å². The van der Waals surface area contributed by atoms with Gasteiger partial charge in [-0.05, 0) is 64.6 Å². The van der Waals surface area contributed by atoms with E-state index < -0.39 is 0 Å². The Morgan fingerprint density at radius 2 is 1.94 bits per heavy atom. The lowest BCUT2D eigenvalue weighted by Crippen LogP contribution is -2.44. The molecule has 2 aliphatic rings. The molecule has 0 aromatic rings. The molecular weight excluding hydrogens is 220 g/mol. The first-order valence-electron chi connectivity index (χ1n) is 8.27. The van der Waals surface area contributed by atoms with E-state index in [4.69, 9.17) is 0 Å². The van der Waals surface area contributed by atoms with E-state index in [0.717, 1.165) is 18.0 Å². The number of rotatable bonds is 5. The molecule has 0 saturated carbocycles. The largest absolute Gasteiger partial charge is 0.314 e. The number of nitrogens with one attached hydrogen (secondary N) is 1. The molecule has 2 heterocycles. The van der Waals surface area contributed by atoms with Crippen LogP contribution in [0.25, 0.3) is 0 Å². The fourth-order valence-corrected chi connectivity index (χ4v) is 3.78. The van der Waals surface area contributed by atoms with Gasteiger partial charge in [-0.15, -0.1) is 0 Å². The Morgan fingerprint density at radius 3 is 2.56 bits per heavy atom. The molecule has 1 N–H and O–H groups in total. The van der Waals surface area contributed by atoms with E-state index in [1.165, 1.54) is 71.0 Å². The first kappa shape index (κ1) is 14.3. The summed E-state index contributed by atoms with van der Waals surface area (Å²) in [5.41, 5.74) is 0. The van der Waals surface area contributed by atoms with Gasteiger partial charge in [-0.1, -0.05) is 26.2 Å². The highest BCUT2D eigenvalue weighted by Gasteiger charge is 2.24. The van der Waals surface area contributed by atoms with Gasteiger partial charge in [0.15, 0.2) is 0 Å². The molecule has 2 aliphatic heterocycles. The first-order valence-corrected chi connectivity index (χ1v) is 8.27. The fourth-order valence-electron chi connectivity index (χ4n) is 3.78. The van der Waals surface area contributed by atoms with Gasteiger partial charge in [0.1, 0.15) is 0 Å². The molecule has 2 nitrogen and oxygen atoms in total. The highest BCUT2D eigenvalue weighted by atomic mass is 15.2. The molecule has 0 radical (unpaired) electrons. The average Bonchev–Trinajstić information content (AvgIpc) is 2.41. The molecule has 18 heavy (non-hydrogen) atoms. The van der Waals surface area contributed by atoms with Crippen LogP contribution in [0.5, 0.6) is 0 Å². The lowest BCUT2D eigenvalue weighted by atomic mass is 9.90. The molecule has 0 bridgehead atoms. The Kier molecular flexibility index (Phi) is 5.97. The molecule has 106 valence electrons. The van der Waals surface area contributed by atoms with Crippen molar-refractivity contribution in [2.75, 3.05) is 19.6 Å². The fraction of sp³-hybridized carbons (Fsp3) is 1.00. The summed E-state index contributed by atoms with van der Waals surface area (Å²) >= 11 is 0. The maximum atomic E-state index is 3.69. The first-order chi connectivity index (χ1) is 8.79. The van der Waals surface area contributed by atoms with E-state index in [9.17, 15) is 0 Å². The molecule has 0 aromatic heterocycles. The van der Waals surface area contributed by atoms with Crippen molar-refractivity contribution >= 4 is 0 Å². The standard InChI is InChI=1S/C16H32N2/c1-3-6-15-8-11-18(12-9-15)14(2)13-16-7-4-5-10-17-16/h14-17H,3-13H2,1-2H3. The van der Waals surface area contributed by atoms with Crippen molar-refractivity contribution in [3.05, 3.63) is 0 Å². The van der Waals surface area contributed by atoms with Crippen molar-refractivity contribution in [1.82, 2.24) is 10.2 Å². The second-order valence-electron chi connectivity index (χ2n) is 6.50. The third kappa shape index (κ3) is 4.24. The van der Waals surface area contributed by atoms with Crippen LogP contribution in [0.4, 0.5) is 0 Å². The monoisotopic (exact) mass is 252 g/mol. The Morgan fingerprint density at radius 1 is 1.17 bits per heavy atom. The summed E-state index contributed by atoms with van der Waals surface area (Å²) in [6, 6.07) is 1.57. The quantitative estimate of drug-likeness (QED) is 0.806. The number of nitrogens with zero attached hydrogens (tertiary/aromatic N) is 1. The minimum Gasteiger partial charge on any atom is -0.314 e. The van der Waals surface area contributed by atoms with E-state index >= 15 is 0 Å². The summed E-state index contributed by atoms with van der Waals surface area (Å²) in [6.45, 7) is 8.70. The Balaban J connectivity index is 1.68. The summed E-state index contributed by atoms with van der Waals surface area (Å²) < 4.78 is 0. The molecule has 2 heteroatoms. The van der Waals surface area contributed by atoms with Crippen molar-refractivity contribution in [1.29, 1.82) is 0 Å². The van der Waals surface area contributed by atoms with E-state index in [1.54, 1.807) is 0 Å². The Bertz CT molecular complexity index is 215. The van der Waals surface area contributed by atoms with Gasteiger partial charge in [-0.3, -0.25) is 0 Å². The minimum atomic E-state index is 0.781. The van der Waals surface area contributed by atoms with Gasteiger partial charge in [0, 0.05) is 12.1 Å². The van der Waals surface area contributed by atoms with Gasteiger partial charge in [0.25, 0.3) is 0 Å². The lowest BCUT2D eigenvalue weighted by molar-refractivity contribution is 0.122. The highest BCUT2D eigenvalue weighted by molar-refractivity contribution is 4.81. The van der Waals surface area contributed by atoms with Crippen LogP contribution in [-0.4, -0.2) is 36.6 Å². The predicted octanol–water partition coefficient (Wildman–Crippen LogP) is 3.42. The van der Waals surface area contributed by atoms with Crippen LogP contribution in [0.15, 0.2) is 0 Å². The van der Waals surface area contributed by atoms with E-state index in [0.29, 0.717) is 0 Å². The maximum absolute atomic E-state index is 3.69. The van der Waals surface area contributed by atoms with Crippen LogP contribution in [0.3, 0.4) is 0 Å². The van der Waals surface area contributed by atoms with Crippen molar-refractivity contribution < 1.29 is 0 Å². The smallest absolute Gasteiger partial charge is 0.00818 e. The van der Waals surface area contributed by atoms with Gasteiger partial charge in [-0.2, -0.15) is 0 Å². The summed E-state index contributed by atoms with van der Waals surface area (Å²) in [6.07, 6.45) is 11.3. The summed E-state index contributed by atoms with van der Waals surface area (Å²) in [4.78, 5) is 2.74. The van der Waals surface area contributed by atoms with Crippen LogP contribution in [0.2, 0.25) is 0 Å². The van der Waals surface area contributed by atoms with Gasteiger partial charge in [0.05, 0.1) is 0 Å². The highest BCUT2D eigenvalue weighted by Crippen LogP contribution is 2.24. The van der Waals surface area contributed by atoms with Gasteiger partial charge in [-0.25, -0.2) is 0 Å². The molecule has 0 amide bonds. The number of likely N-dealkylation sites (tertiary alicyclic amines) is 1. The van der Waals surface area contributed by atoms with E-state index in [2.05, 4.69) is 24.1 Å². The maximum Gasteiger partial charge on any atom is 0.00818 e.